The second-order valence-corrected chi connectivity index (χ2v) is 8.63. The minimum absolute atomic E-state index is 0.0104. The molecule has 5 rings (SSSR count). The summed E-state index contributed by atoms with van der Waals surface area (Å²) in [7, 11) is 0. The summed E-state index contributed by atoms with van der Waals surface area (Å²) in [5.41, 5.74) is 2.76. The molecule has 0 radical (unpaired) electrons. The number of aromatic nitrogens is 2. The van der Waals surface area contributed by atoms with Gasteiger partial charge < -0.3 is 14.7 Å². The smallest absolute Gasteiger partial charge is 0.228 e. The Kier molecular flexibility index (Phi) is 5.58. The maximum atomic E-state index is 13.6. The number of anilines is 2. The zero-order chi connectivity index (χ0) is 22.9. The quantitative estimate of drug-likeness (QED) is 0.617. The van der Waals surface area contributed by atoms with Crippen molar-refractivity contribution >= 4 is 23.5 Å². The van der Waals surface area contributed by atoms with Crippen LogP contribution in [-0.2, 0) is 9.59 Å². The molecule has 0 saturated carbocycles. The molecule has 0 spiro atoms. The molecule has 2 aliphatic heterocycles. The average Bonchev–Trinajstić information content (AvgIpc) is 3.46. The Hall–Kier alpha value is -3.68. The molecular formula is C25H26FN5O2. The monoisotopic (exact) mass is 447 g/mol. The zero-order valence-electron chi connectivity index (χ0n) is 18.5. The van der Waals surface area contributed by atoms with Crippen LogP contribution in [0.2, 0.25) is 0 Å². The van der Waals surface area contributed by atoms with Crippen molar-refractivity contribution in [3.05, 3.63) is 72.3 Å². The van der Waals surface area contributed by atoms with Crippen molar-refractivity contribution in [3.63, 3.8) is 0 Å². The van der Waals surface area contributed by atoms with Crippen LogP contribution in [0.3, 0.4) is 0 Å². The first-order valence-electron chi connectivity index (χ1n) is 11.2. The molecule has 8 heteroatoms. The summed E-state index contributed by atoms with van der Waals surface area (Å²) in [5, 5.41) is 0. The van der Waals surface area contributed by atoms with Gasteiger partial charge in [0.25, 0.3) is 0 Å². The number of piperazine rings is 1. The van der Waals surface area contributed by atoms with Crippen molar-refractivity contribution in [2.45, 2.75) is 13.3 Å². The Morgan fingerprint density at radius 2 is 1.79 bits per heavy atom. The van der Waals surface area contributed by atoms with Gasteiger partial charge in [-0.25, -0.2) is 9.37 Å². The van der Waals surface area contributed by atoms with Crippen LogP contribution >= 0.6 is 0 Å². The highest BCUT2D eigenvalue weighted by Gasteiger charge is 2.38. The zero-order valence-corrected chi connectivity index (χ0v) is 18.5. The van der Waals surface area contributed by atoms with Gasteiger partial charge in [-0.1, -0.05) is 23.8 Å². The van der Waals surface area contributed by atoms with Crippen molar-refractivity contribution in [2.75, 3.05) is 42.5 Å². The lowest BCUT2D eigenvalue weighted by molar-refractivity contribution is -0.136. The highest BCUT2D eigenvalue weighted by molar-refractivity contribution is 6.00. The molecule has 2 amide bonds. The van der Waals surface area contributed by atoms with E-state index in [1.54, 1.807) is 18.3 Å². The molecule has 2 aromatic carbocycles. The van der Waals surface area contributed by atoms with Crippen molar-refractivity contribution in [1.29, 1.82) is 0 Å². The third-order valence-corrected chi connectivity index (χ3v) is 6.40. The minimum Gasteiger partial charge on any atom is -0.339 e. The van der Waals surface area contributed by atoms with E-state index in [1.165, 1.54) is 22.6 Å². The summed E-state index contributed by atoms with van der Waals surface area (Å²) < 4.78 is 15.6. The lowest BCUT2D eigenvalue weighted by Crippen LogP contribution is -2.51. The molecule has 3 aromatic rings. The number of carbonyl (C=O) groups is 2. The Bertz CT molecular complexity index is 1170. The van der Waals surface area contributed by atoms with Crippen LogP contribution in [0, 0.1) is 18.7 Å². The van der Waals surface area contributed by atoms with E-state index in [9.17, 15) is 14.0 Å². The molecular weight excluding hydrogens is 421 g/mol. The highest BCUT2D eigenvalue weighted by Crippen LogP contribution is 2.28. The van der Waals surface area contributed by atoms with E-state index in [2.05, 4.69) is 45.6 Å². The van der Waals surface area contributed by atoms with Gasteiger partial charge in [-0.2, -0.15) is 0 Å². The first kappa shape index (κ1) is 21.2. The Balaban J connectivity index is 1.22. The highest BCUT2D eigenvalue weighted by atomic mass is 19.1. The van der Waals surface area contributed by atoms with Crippen LogP contribution in [0.1, 0.15) is 12.0 Å². The normalized spacial score (nSPS) is 18.8. The van der Waals surface area contributed by atoms with E-state index in [-0.39, 0.29) is 18.2 Å². The van der Waals surface area contributed by atoms with Crippen LogP contribution in [0.4, 0.5) is 16.0 Å². The van der Waals surface area contributed by atoms with Gasteiger partial charge >= 0.3 is 0 Å². The number of imidazole rings is 1. The van der Waals surface area contributed by atoms with E-state index in [4.69, 9.17) is 0 Å². The number of aryl methyl sites for hydroxylation is 1. The fourth-order valence-corrected chi connectivity index (χ4v) is 4.59. The van der Waals surface area contributed by atoms with Crippen LogP contribution < -0.4 is 9.80 Å². The molecule has 2 saturated heterocycles. The fraction of sp³-hybridized carbons (Fsp3) is 0.320. The number of benzene rings is 2. The summed E-state index contributed by atoms with van der Waals surface area (Å²) in [4.78, 5) is 35.7. The lowest BCUT2D eigenvalue weighted by atomic mass is 10.1. The lowest BCUT2D eigenvalue weighted by Gasteiger charge is -2.36. The van der Waals surface area contributed by atoms with Crippen molar-refractivity contribution < 1.29 is 14.0 Å². The third-order valence-electron chi connectivity index (χ3n) is 6.40. The van der Waals surface area contributed by atoms with Crippen LogP contribution in [0.15, 0.2) is 60.9 Å². The van der Waals surface area contributed by atoms with Gasteiger partial charge in [0.1, 0.15) is 5.82 Å². The molecule has 3 heterocycles. The molecule has 2 fully saturated rings. The average molecular weight is 448 g/mol. The molecule has 0 bridgehead atoms. The van der Waals surface area contributed by atoms with Crippen LogP contribution in [0.5, 0.6) is 0 Å². The van der Waals surface area contributed by atoms with Crippen LogP contribution in [0.25, 0.3) is 5.69 Å². The van der Waals surface area contributed by atoms with E-state index < -0.39 is 11.7 Å². The van der Waals surface area contributed by atoms with Gasteiger partial charge in [0.2, 0.25) is 17.8 Å². The molecule has 2 aliphatic rings. The first-order valence-corrected chi connectivity index (χ1v) is 11.2. The number of hydrogen-bond donors (Lipinski definition) is 0. The standard InChI is InChI=1S/C25H26FN5O2/c1-18-5-7-21(8-6-18)30-10-9-27-25(30)29-13-11-28(12-14-29)24(33)19-15-23(32)31(17-19)22-4-2-3-20(26)16-22/h2-10,16,19H,11-15,17H2,1H3. The maximum Gasteiger partial charge on any atom is 0.228 e. The number of halogens is 1. The number of carbonyl (C=O) groups excluding carboxylic acids is 2. The third kappa shape index (κ3) is 4.20. The molecule has 0 aliphatic carbocycles. The topological polar surface area (TPSA) is 61.7 Å². The Morgan fingerprint density at radius 3 is 2.52 bits per heavy atom. The van der Waals surface area contributed by atoms with E-state index in [1.807, 2.05) is 11.1 Å². The van der Waals surface area contributed by atoms with Gasteiger partial charge in [0, 0.05) is 62.9 Å². The maximum absolute atomic E-state index is 13.6. The number of nitrogens with zero attached hydrogens (tertiary/aromatic N) is 5. The fourth-order valence-electron chi connectivity index (χ4n) is 4.59. The Labute approximate surface area is 192 Å². The molecule has 33 heavy (non-hydrogen) atoms. The van der Waals surface area contributed by atoms with Gasteiger partial charge in [-0.15, -0.1) is 0 Å². The number of rotatable bonds is 4. The van der Waals surface area contributed by atoms with E-state index >= 15 is 0 Å². The van der Waals surface area contributed by atoms with Crippen LogP contribution in [-0.4, -0.2) is 59.0 Å². The minimum atomic E-state index is -0.401. The SMILES string of the molecule is Cc1ccc(-n2ccnc2N2CCN(C(=O)C3CC(=O)N(c4cccc(F)c4)C3)CC2)cc1. The molecule has 1 aromatic heterocycles. The second-order valence-electron chi connectivity index (χ2n) is 8.63. The Morgan fingerprint density at radius 1 is 1.03 bits per heavy atom. The first-order chi connectivity index (χ1) is 16.0. The summed E-state index contributed by atoms with van der Waals surface area (Å²) in [6.07, 6.45) is 3.90. The van der Waals surface area contributed by atoms with Crippen molar-refractivity contribution in [2.24, 2.45) is 5.92 Å². The summed E-state index contributed by atoms with van der Waals surface area (Å²) in [6, 6.07) is 14.2. The summed E-state index contributed by atoms with van der Waals surface area (Å²) in [6.45, 7) is 4.84. The van der Waals surface area contributed by atoms with Gasteiger partial charge in [0.05, 0.1) is 5.92 Å². The molecule has 1 atom stereocenters. The molecule has 170 valence electrons. The second kappa shape index (κ2) is 8.69. The van der Waals surface area contributed by atoms with Gasteiger partial charge in [0.15, 0.2) is 0 Å². The van der Waals surface area contributed by atoms with Crippen molar-refractivity contribution in [3.8, 4) is 5.69 Å². The predicted octanol–water partition coefficient (Wildman–Crippen LogP) is 3.02. The number of hydrogen-bond acceptors (Lipinski definition) is 4. The van der Waals surface area contributed by atoms with E-state index in [0.29, 0.717) is 38.4 Å². The largest absolute Gasteiger partial charge is 0.339 e. The molecule has 7 nitrogen and oxygen atoms in total. The summed E-state index contributed by atoms with van der Waals surface area (Å²) >= 11 is 0. The number of amides is 2. The predicted molar refractivity (Wildman–Crippen MR) is 124 cm³/mol. The molecule has 0 N–H and O–H groups in total. The van der Waals surface area contributed by atoms with Gasteiger partial charge in [-0.3, -0.25) is 14.2 Å². The summed E-state index contributed by atoms with van der Waals surface area (Å²) in [5.74, 6) is -0.0853. The van der Waals surface area contributed by atoms with Gasteiger partial charge in [-0.05, 0) is 37.3 Å². The van der Waals surface area contributed by atoms with E-state index in [0.717, 1.165) is 11.6 Å². The molecule has 1 unspecified atom stereocenters. The van der Waals surface area contributed by atoms with Crippen molar-refractivity contribution in [1.82, 2.24) is 14.5 Å².